The predicted octanol–water partition coefficient (Wildman–Crippen LogP) is 0.820. The summed E-state index contributed by atoms with van der Waals surface area (Å²) in [6.07, 6.45) is 1.22. The number of aromatic nitrogens is 1. The lowest BCUT2D eigenvalue weighted by Gasteiger charge is -2.26. The van der Waals surface area contributed by atoms with Crippen LogP contribution >= 0.6 is 12.2 Å². The summed E-state index contributed by atoms with van der Waals surface area (Å²) < 4.78 is 37.2. The van der Waals surface area contributed by atoms with Crippen LogP contribution in [0.5, 0.6) is 0 Å². The molecular formula is C16H19N5O4S2. The van der Waals surface area contributed by atoms with E-state index in [2.05, 4.69) is 27.7 Å². The monoisotopic (exact) mass is 409 g/mol. The van der Waals surface area contributed by atoms with Crippen LogP contribution in [0.1, 0.15) is 11.5 Å². The average Bonchev–Trinajstić information content (AvgIpc) is 3.08. The van der Waals surface area contributed by atoms with E-state index in [1.807, 2.05) is 6.92 Å². The zero-order valence-electron chi connectivity index (χ0n) is 14.6. The van der Waals surface area contributed by atoms with Gasteiger partial charge in [-0.15, -0.1) is 0 Å². The molecule has 0 spiro atoms. The highest BCUT2D eigenvalue weighted by atomic mass is 32.2. The largest absolute Gasteiger partial charge is 0.418 e. The van der Waals surface area contributed by atoms with Crippen molar-refractivity contribution in [3.8, 4) is 0 Å². The topological polar surface area (TPSA) is 123 Å². The number of thiocarbonyl (C=S) groups is 1. The molecule has 144 valence electrons. The van der Waals surface area contributed by atoms with Crippen LogP contribution in [0.25, 0.3) is 0 Å². The van der Waals surface area contributed by atoms with Gasteiger partial charge in [0, 0.05) is 13.1 Å². The zero-order valence-corrected chi connectivity index (χ0v) is 16.2. The van der Waals surface area contributed by atoms with Crippen LogP contribution in [-0.2, 0) is 14.6 Å². The third-order valence-corrected chi connectivity index (χ3v) is 5.59. The molecule has 0 bridgehead atoms. The summed E-state index contributed by atoms with van der Waals surface area (Å²) in [5, 5.41) is 3.58. The zero-order chi connectivity index (χ0) is 19.4. The van der Waals surface area contributed by atoms with Crippen molar-refractivity contribution in [2.45, 2.75) is 16.8 Å². The predicted molar refractivity (Wildman–Crippen MR) is 104 cm³/mol. The number of nitrogens with zero attached hydrogens (tertiary/aromatic N) is 3. The number of hydrogen-bond acceptors (Lipinski definition) is 8. The SMILES string of the molecule is Cc1ccc(S(=O)(=O)c2nc(C=NNC(N)=S)oc2N2CCOCC2)cc1. The van der Waals surface area contributed by atoms with Gasteiger partial charge in [0.15, 0.2) is 5.11 Å². The Morgan fingerprint density at radius 1 is 1.33 bits per heavy atom. The van der Waals surface area contributed by atoms with Gasteiger partial charge >= 0.3 is 0 Å². The standard InChI is InChI=1S/C16H19N5O4S2/c1-11-2-4-12(5-3-11)27(22,23)14-15(21-6-8-24-9-7-21)25-13(19-14)10-18-20-16(17)26/h2-5,10H,6-9H2,1H3,(H3,17,20,26). The molecule has 3 rings (SSSR count). The average molecular weight is 409 g/mol. The van der Waals surface area contributed by atoms with E-state index in [0.29, 0.717) is 26.3 Å². The molecule has 1 saturated heterocycles. The molecule has 1 aromatic carbocycles. The Balaban J connectivity index is 2.03. The van der Waals surface area contributed by atoms with Crippen LogP contribution in [0.4, 0.5) is 5.88 Å². The molecule has 1 aliphatic rings. The van der Waals surface area contributed by atoms with Crippen LogP contribution in [-0.4, -0.2) is 51.0 Å². The Labute approximate surface area is 162 Å². The molecule has 0 amide bonds. The first kappa shape index (κ1) is 19.3. The normalized spacial score (nSPS) is 15.2. The van der Waals surface area contributed by atoms with Gasteiger partial charge in [0.05, 0.1) is 18.1 Å². The van der Waals surface area contributed by atoms with Crippen LogP contribution in [0.3, 0.4) is 0 Å². The number of sulfone groups is 1. The molecule has 1 fully saturated rings. The fourth-order valence-corrected chi connectivity index (χ4v) is 3.87. The van der Waals surface area contributed by atoms with Crippen molar-refractivity contribution < 1.29 is 17.6 Å². The van der Waals surface area contributed by atoms with Gasteiger partial charge < -0.3 is 19.8 Å². The van der Waals surface area contributed by atoms with Gasteiger partial charge in [-0.1, -0.05) is 17.7 Å². The maximum atomic E-state index is 13.1. The maximum absolute atomic E-state index is 13.1. The summed E-state index contributed by atoms with van der Waals surface area (Å²) in [7, 11) is -3.88. The quantitative estimate of drug-likeness (QED) is 0.420. The van der Waals surface area contributed by atoms with E-state index < -0.39 is 9.84 Å². The summed E-state index contributed by atoms with van der Waals surface area (Å²) in [5.74, 6) is 0.182. The number of rotatable bonds is 5. The van der Waals surface area contributed by atoms with Crippen molar-refractivity contribution >= 4 is 39.3 Å². The Morgan fingerprint density at radius 3 is 2.63 bits per heavy atom. The Bertz CT molecular complexity index is 948. The van der Waals surface area contributed by atoms with E-state index >= 15 is 0 Å². The third-order valence-electron chi connectivity index (χ3n) is 3.83. The molecule has 27 heavy (non-hydrogen) atoms. The number of nitrogens with two attached hydrogens (primary N) is 1. The van der Waals surface area contributed by atoms with E-state index in [1.165, 1.54) is 6.21 Å². The lowest BCUT2D eigenvalue weighted by atomic mass is 10.2. The molecule has 0 radical (unpaired) electrons. The molecule has 0 aliphatic carbocycles. The van der Waals surface area contributed by atoms with Gasteiger partial charge in [0.2, 0.25) is 26.6 Å². The minimum Gasteiger partial charge on any atom is -0.418 e. The number of morpholine rings is 1. The molecule has 0 atom stereocenters. The highest BCUT2D eigenvalue weighted by Crippen LogP contribution is 2.31. The van der Waals surface area contributed by atoms with Crippen LogP contribution in [0, 0.1) is 6.92 Å². The van der Waals surface area contributed by atoms with Crippen molar-refractivity contribution in [3.05, 3.63) is 35.7 Å². The van der Waals surface area contributed by atoms with Gasteiger partial charge in [-0.05, 0) is 31.3 Å². The van der Waals surface area contributed by atoms with Crippen molar-refractivity contribution in [2.24, 2.45) is 10.8 Å². The molecule has 1 aromatic heterocycles. The van der Waals surface area contributed by atoms with E-state index in [9.17, 15) is 8.42 Å². The lowest BCUT2D eigenvalue weighted by Crippen LogP contribution is -2.36. The number of hydrogen-bond donors (Lipinski definition) is 2. The van der Waals surface area contributed by atoms with Crippen molar-refractivity contribution in [2.75, 3.05) is 31.2 Å². The number of nitrogens with one attached hydrogen (secondary N) is 1. The fourth-order valence-electron chi connectivity index (χ4n) is 2.49. The fraction of sp³-hybridized carbons (Fsp3) is 0.312. The lowest BCUT2D eigenvalue weighted by molar-refractivity contribution is 0.120. The first-order valence-electron chi connectivity index (χ1n) is 8.12. The Kier molecular flexibility index (Phi) is 5.73. The van der Waals surface area contributed by atoms with Crippen molar-refractivity contribution in [3.63, 3.8) is 0 Å². The van der Waals surface area contributed by atoms with Gasteiger partial charge in [0.1, 0.15) is 6.21 Å². The molecule has 0 unspecified atom stereocenters. The summed E-state index contributed by atoms with van der Waals surface area (Å²) in [4.78, 5) is 6.07. The minimum atomic E-state index is -3.88. The molecule has 2 aromatic rings. The second-order valence-electron chi connectivity index (χ2n) is 5.81. The number of oxazole rings is 1. The second-order valence-corrected chi connectivity index (χ2v) is 8.12. The summed E-state index contributed by atoms with van der Waals surface area (Å²) in [6, 6.07) is 6.56. The summed E-state index contributed by atoms with van der Waals surface area (Å²) >= 11 is 4.66. The number of hydrazone groups is 1. The highest BCUT2D eigenvalue weighted by molar-refractivity contribution is 7.91. The highest BCUT2D eigenvalue weighted by Gasteiger charge is 2.31. The maximum Gasteiger partial charge on any atom is 0.243 e. The minimum absolute atomic E-state index is 0.0194. The molecule has 0 saturated carbocycles. The molecule has 1 aliphatic heterocycles. The number of ether oxygens (including phenoxy) is 1. The van der Waals surface area contributed by atoms with E-state index in [1.54, 1.807) is 29.2 Å². The van der Waals surface area contributed by atoms with Gasteiger partial charge in [-0.2, -0.15) is 10.1 Å². The van der Waals surface area contributed by atoms with Crippen LogP contribution < -0.4 is 16.1 Å². The number of aryl methyl sites for hydroxylation is 1. The van der Waals surface area contributed by atoms with Crippen LogP contribution in [0.15, 0.2) is 43.7 Å². The van der Waals surface area contributed by atoms with E-state index in [-0.39, 0.29) is 26.8 Å². The Hall–Kier alpha value is -2.50. The second kappa shape index (κ2) is 8.03. The number of benzene rings is 1. The third kappa shape index (κ3) is 4.43. The molecular weight excluding hydrogens is 390 g/mol. The molecule has 9 nitrogen and oxygen atoms in total. The number of anilines is 1. The molecule has 2 heterocycles. The smallest absolute Gasteiger partial charge is 0.243 e. The first-order valence-corrected chi connectivity index (χ1v) is 10.0. The first-order chi connectivity index (χ1) is 12.9. The van der Waals surface area contributed by atoms with Gasteiger partial charge in [0.25, 0.3) is 0 Å². The van der Waals surface area contributed by atoms with E-state index in [4.69, 9.17) is 14.9 Å². The van der Waals surface area contributed by atoms with Crippen molar-refractivity contribution in [1.82, 2.24) is 10.4 Å². The summed E-state index contributed by atoms with van der Waals surface area (Å²) in [5.41, 5.74) is 8.64. The van der Waals surface area contributed by atoms with Crippen molar-refractivity contribution in [1.29, 1.82) is 0 Å². The molecule has 11 heteroatoms. The van der Waals surface area contributed by atoms with Crippen LogP contribution in [0.2, 0.25) is 0 Å². The molecule has 3 N–H and O–H groups in total. The van der Waals surface area contributed by atoms with Gasteiger partial charge in [-0.25, -0.2) is 8.42 Å². The Morgan fingerprint density at radius 2 is 2.00 bits per heavy atom. The summed E-state index contributed by atoms with van der Waals surface area (Å²) in [6.45, 7) is 3.81. The van der Waals surface area contributed by atoms with E-state index in [0.717, 1.165) is 5.56 Å². The van der Waals surface area contributed by atoms with Gasteiger partial charge in [-0.3, -0.25) is 5.43 Å².